The van der Waals surface area contributed by atoms with Gasteiger partial charge in [0.15, 0.2) is 0 Å². The number of nitrogens with zero attached hydrogens (tertiary/aromatic N) is 1. The van der Waals surface area contributed by atoms with Crippen LogP contribution in [-0.2, 0) is 14.3 Å². The van der Waals surface area contributed by atoms with Crippen LogP contribution in [0.5, 0.6) is 0 Å². The first kappa shape index (κ1) is 14.9. The molecule has 0 spiro atoms. The molecule has 1 aliphatic rings. The summed E-state index contributed by atoms with van der Waals surface area (Å²) in [5, 5.41) is 5.67. The van der Waals surface area contributed by atoms with E-state index in [-0.39, 0.29) is 11.8 Å². The van der Waals surface area contributed by atoms with Gasteiger partial charge in [-0.1, -0.05) is 0 Å². The zero-order chi connectivity index (χ0) is 13.6. The van der Waals surface area contributed by atoms with Crippen molar-refractivity contribution in [2.45, 2.75) is 13.3 Å². The molecule has 2 amide bonds. The fourth-order valence-electron chi connectivity index (χ4n) is 2.14. The lowest BCUT2D eigenvalue weighted by Gasteiger charge is -2.22. The maximum Gasteiger partial charge on any atom is 0.236 e. The van der Waals surface area contributed by atoms with Crippen molar-refractivity contribution >= 4 is 11.8 Å². The second kappa shape index (κ2) is 6.70. The van der Waals surface area contributed by atoms with Crippen LogP contribution in [-0.4, -0.2) is 63.7 Å². The fraction of sp³-hybridized carbons (Fsp3) is 0.833. The lowest BCUT2D eigenvalue weighted by atomic mass is 9.89. The summed E-state index contributed by atoms with van der Waals surface area (Å²) >= 11 is 0. The van der Waals surface area contributed by atoms with Crippen LogP contribution in [0.4, 0.5) is 0 Å². The molecule has 1 saturated heterocycles. The van der Waals surface area contributed by atoms with Crippen molar-refractivity contribution in [3.8, 4) is 0 Å². The molecule has 2 N–H and O–H groups in total. The third-order valence-electron chi connectivity index (χ3n) is 3.36. The van der Waals surface area contributed by atoms with Crippen LogP contribution in [0.25, 0.3) is 0 Å². The van der Waals surface area contributed by atoms with Gasteiger partial charge in [0.2, 0.25) is 11.8 Å². The average Bonchev–Trinajstić information content (AvgIpc) is 2.77. The molecule has 0 radical (unpaired) electrons. The monoisotopic (exact) mass is 257 g/mol. The quantitative estimate of drug-likeness (QED) is 0.612. The second-order valence-corrected chi connectivity index (χ2v) is 4.87. The smallest absolute Gasteiger partial charge is 0.236 e. The Balaban J connectivity index is 2.37. The third kappa shape index (κ3) is 3.68. The molecule has 104 valence electrons. The van der Waals surface area contributed by atoms with Gasteiger partial charge < -0.3 is 20.3 Å². The van der Waals surface area contributed by atoms with Crippen LogP contribution in [0, 0.1) is 5.41 Å². The molecule has 0 aromatic carbocycles. The average molecular weight is 257 g/mol. The van der Waals surface area contributed by atoms with Crippen molar-refractivity contribution in [2.24, 2.45) is 5.41 Å². The second-order valence-electron chi connectivity index (χ2n) is 4.87. The predicted molar refractivity (Wildman–Crippen MR) is 68.1 cm³/mol. The molecule has 0 aliphatic carbocycles. The maximum absolute atomic E-state index is 11.9. The molecule has 0 aromatic heterocycles. The van der Waals surface area contributed by atoms with E-state index < -0.39 is 5.41 Å². The van der Waals surface area contributed by atoms with Crippen molar-refractivity contribution in [2.75, 3.05) is 46.9 Å². The number of hydrogen-bond donors (Lipinski definition) is 2. The molecule has 6 nitrogen and oxygen atoms in total. The number of carbonyl (C=O) groups excluding carboxylic acids is 2. The Morgan fingerprint density at radius 1 is 1.44 bits per heavy atom. The standard InChI is InChI=1S/C12H23N3O3/c1-12(11(17)13-2)4-6-15(9-12)10(16)8-14-5-7-18-3/h14H,4-9H2,1-3H3,(H,13,17). The molecule has 1 rings (SSSR count). The van der Waals surface area contributed by atoms with Crippen molar-refractivity contribution in [3.63, 3.8) is 0 Å². The van der Waals surface area contributed by atoms with Crippen LogP contribution in [0.1, 0.15) is 13.3 Å². The number of likely N-dealkylation sites (tertiary alicyclic amines) is 1. The lowest BCUT2D eigenvalue weighted by molar-refractivity contribution is -0.131. The molecule has 1 fully saturated rings. The van der Waals surface area contributed by atoms with E-state index in [1.54, 1.807) is 19.1 Å². The molecule has 0 saturated carbocycles. The minimum Gasteiger partial charge on any atom is -0.383 e. The highest BCUT2D eigenvalue weighted by molar-refractivity contribution is 5.85. The molecule has 18 heavy (non-hydrogen) atoms. The number of hydrogen-bond acceptors (Lipinski definition) is 4. The Hall–Kier alpha value is -1.14. The Labute approximate surface area is 108 Å². The molecule has 1 heterocycles. The Bertz CT molecular complexity index is 309. The SMILES string of the molecule is CNC(=O)C1(C)CCN(C(=O)CNCCOC)C1. The molecule has 0 bridgehead atoms. The Kier molecular flexibility index (Phi) is 5.55. The molecule has 6 heteroatoms. The normalized spacial score (nSPS) is 23.2. The zero-order valence-corrected chi connectivity index (χ0v) is 11.4. The number of carbonyl (C=O) groups is 2. The number of methoxy groups -OCH3 is 1. The summed E-state index contributed by atoms with van der Waals surface area (Å²) in [7, 11) is 3.25. The first-order valence-electron chi connectivity index (χ1n) is 6.23. The van der Waals surface area contributed by atoms with E-state index in [0.717, 1.165) is 6.42 Å². The first-order valence-corrected chi connectivity index (χ1v) is 6.23. The van der Waals surface area contributed by atoms with Crippen LogP contribution < -0.4 is 10.6 Å². The van der Waals surface area contributed by atoms with Crippen molar-refractivity contribution in [3.05, 3.63) is 0 Å². The fourth-order valence-corrected chi connectivity index (χ4v) is 2.14. The van der Waals surface area contributed by atoms with Crippen LogP contribution in [0.15, 0.2) is 0 Å². The van der Waals surface area contributed by atoms with Gasteiger partial charge in [-0.2, -0.15) is 0 Å². The van der Waals surface area contributed by atoms with Gasteiger partial charge in [0.05, 0.1) is 18.6 Å². The summed E-state index contributed by atoms with van der Waals surface area (Å²) in [6.07, 6.45) is 0.719. The van der Waals surface area contributed by atoms with Crippen LogP contribution in [0.2, 0.25) is 0 Å². The van der Waals surface area contributed by atoms with Gasteiger partial charge >= 0.3 is 0 Å². The predicted octanol–water partition coefficient (Wildman–Crippen LogP) is -0.793. The lowest BCUT2D eigenvalue weighted by Crippen LogP contribution is -2.42. The maximum atomic E-state index is 11.9. The van der Waals surface area contributed by atoms with E-state index in [0.29, 0.717) is 32.8 Å². The van der Waals surface area contributed by atoms with E-state index >= 15 is 0 Å². The summed E-state index contributed by atoms with van der Waals surface area (Å²) < 4.78 is 4.89. The number of amides is 2. The largest absolute Gasteiger partial charge is 0.383 e. The molecular formula is C12H23N3O3. The number of rotatable bonds is 6. The Morgan fingerprint density at radius 3 is 2.78 bits per heavy atom. The zero-order valence-electron chi connectivity index (χ0n) is 11.4. The van der Waals surface area contributed by atoms with Crippen LogP contribution >= 0.6 is 0 Å². The summed E-state index contributed by atoms with van der Waals surface area (Å²) in [5.41, 5.74) is -0.447. The first-order chi connectivity index (χ1) is 8.53. The molecule has 1 unspecified atom stereocenters. The van der Waals surface area contributed by atoms with Crippen molar-refractivity contribution < 1.29 is 14.3 Å². The Morgan fingerprint density at radius 2 is 2.17 bits per heavy atom. The van der Waals surface area contributed by atoms with Gasteiger partial charge in [-0.15, -0.1) is 0 Å². The van der Waals surface area contributed by atoms with Crippen molar-refractivity contribution in [1.82, 2.24) is 15.5 Å². The van der Waals surface area contributed by atoms with E-state index in [9.17, 15) is 9.59 Å². The summed E-state index contributed by atoms with van der Waals surface area (Å²) in [6.45, 7) is 4.59. The van der Waals surface area contributed by atoms with E-state index in [2.05, 4.69) is 10.6 Å². The molecule has 1 aliphatic heterocycles. The topological polar surface area (TPSA) is 70.7 Å². The van der Waals surface area contributed by atoms with E-state index in [1.807, 2.05) is 6.92 Å². The van der Waals surface area contributed by atoms with E-state index in [4.69, 9.17) is 4.74 Å². The number of nitrogens with one attached hydrogen (secondary N) is 2. The molecular weight excluding hydrogens is 234 g/mol. The van der Waals surface area contributed by atoms with Gasteiger partial charge in [-0.3, -0.25) is 9.59 Å². The van der Waals surface area contributed by atoms with Gasteiger partial charge in [0.1, 0.15) is 0 Å². The van der Waals surface area contributed by atoms with Crippen molar-refractivity contribution in [1.29, 1.82) is 0 Å². The highest BCUT2D eigenvalue weighted by Crippen LogP contribution is 2.29. The highest BCUT2D eigenvalue weighted by atomic mass is 16.5. The minimum absolute atomic E-state index is 0.00476. The van der Waals surface area contributed by atoms with Gasteiger partial charge in [0, 0.05) is 33.8 Å². The summed E-state index contributed by atoms with van der Waals surface area (Å²) in [5.74, 6) is 0.0453. The van der Waals surface area contributed by atoms with Gasteiger partial charge in [-0.25, -0.2) is 0 Å². The van der Waals surface area contributed by atoms with E-state index in [1.165, 1.54) is 0 Å². The third-order valence-corrected chi connectivity index (χ3v) is 3.36. The molecule has 0 aromatic rings. The highest BCUT2D eigenvalue weighted by Gasteiger charge is 2.41. The summed E-state index contributed by atoms with van der Waals surface area (Å²) in [4.78, 5) is 25.4. The minimum atomic E-state index is -0.447. The van der Waals surface area contributed by atoms with Gasteiger partial charge in [-0.05, 0) is 13.3 Å². The molecule has 1 atom stereocenters. The number of ether oxygens (including phenoxy) is 1. The van der Waals surface area contributed by atoms with Gasteiger partial charge in [0.25, 0.3) is 0 Å². The summed E-state index contributed by atoms with van der Waals surface area (Å²) in [6, 6.07) is 0. The van der Waals surface area contributed by atoms with Crippen LogP contribution in [0.3, 0.4) is 0 Å².